The third-order valence-corrected chi connectivity index (χ3v) is 3.39. The average Bonchev–Trinajstić information content (AvgIpc) is 2.37. The zero-order valence-corrected chi connectivity index (χ0v) is 12.4. The molecule has 2 aromatic rings. The van der Waals surface area contributed by atoms with E-state index in [0.29, 0.717) is 22.3 Å². The van der Waals surface area contributed by atoms with Gasteiger partial charge in [-0.15, -0.1) is 11.6 Å². The van der Waals surface area contributed by atoms with Crippen LogP contribution in [0.25, 0.3) is 0 Å². The van der Waals surface area contributed by atoms with Crippen molar-refractivity contribution < 1.29 is 4.74 Å². The molecule has 0 aliphatic rings. The van der Waals surface area contributed by atoms with Gasteiger partial charge < -0.3 is 4.74 Å². The lowest BCUT2D eigenvalue weighted by Crippen LogP contribution is -2.00. The van der Waals surface area contributed by atoms with Gasteiger partial charge in [0.2, 0.25) is 5.88 Å². The zero-order chi connectivity index (χ0) is 13.8. The van der Waals surface area contributed by atoms with E-state index in [1.165, 1.54) is 6.33 Å². The molecule has 1 atom stereocenters. The molecule has 1 unspecified atom stereocenters. The largest absolute Gasteiger partial charge is 0.481 e. The maximum atomic E-state index is 6.36. The van der Waals surface area contributed by atoms with E-state index >= 15 is 0 Å². The van der Waals surface area contributed by atoms with Crippen LogP contribution in [0.1, 0.15) is 16.6 Å². The van der Waals surface area contributed by atoms with Crippen LogP contribution in [0.2, 0.25) is 10.0 Å². The molecular weight excluding hydrogens is 307 g/mol. The topological polar surface area (TPSA) is 35.0 Å². The highest BCUT2D eigenvalue weighted by molar-refractivity contribution is 6.35. The van der Waals surface area contributed by atoms with Crippen molar-refractivity contribution in [3.63, 3.8) is 0 Å². The van der Waals surface area contributed by atoms with E-state index in [1.807, 2.05) is 0 Å². The number of methoxy groups -OCH3 is 1. The number of aromatic nitrogens is 2. The van der Waals surface area contributed by atoms with Crippen molar-refractivity contribution in [2.45, 2.75) is 11.8 Å². The van der Waals surface area contributed by atoms with Crippen molar-refractivity contribution >= 4 is 34.8 Å². The lowest BCUT2D eigenvalue weighted by atomic mass is 10.1. The van der Waals surface area contributed by atoms with Crippen LogP contribution in [0.3, 0.4) is 0 Å². The van der Waals surface area contributed by atoms with Crippen LogP contribution in [-0.4, -0.2) is 17.1 Å². The summed E-state index contributed by atoms with van der Waals surface area (Å²) in [6.45, 7) is 0. The minimum atomic E-state index is -0.268. The number of nitrogens with zero attached hydrogens (tertiary/aromatic N) is 2. The first-order chi connectivity index (χ1) is 9.08. The van der Waals surface area contributed by atoms with Crippen LogP contribution in [0.15, 0.2) is 30.6 Å². The minimum absolute atomic E-state index is 0.268. The van der Waals surface area contributed by atoms with Crippen LogP contribution in [0.5, 0.6) is 5.88 Å². The van der Waals surface area contributed by atoms with Gasteiger partial charge in [-0.25, -0.2) is 9.97 Å². The maximum Gasteiger partial charge on any atom is 0.216 e. The molecule has 0 spiro atoms. The minimum Gasteiger partial charge on any atom is -0.481 e. The summed E-state index contributed by atoms with van der Waals surface area (Å²) in [5.41, 5.74) is 1.65. The summed E-state index contributed by atoms with van der Waals surface area (Å²) in [7, 11) is 1.56. The summed E-state index contributed by atoms with van der Waals surface area (Å²) in [5.74, 6) is 0.512. The summed E-state index contributed by atoms with van der Waals surface area (Å²) in [6.07, 6.45) is 1.99. The third kappa shape index (κ3) is 3.96. The molecule has 0 aliphatic carbocycles. The van der Waals surface area contributed by atoms with Crippen molar-refractivity contribution in [3.05, 3.63) is 51.9 Å². The summed E-state index contributed by atoms with van der Waals surface area (Å²) in [6, 6.07) is 7.01. The second-order valence-corrected chi connectivity index (χ2v) is 5.33. The number of halogens is 3. The number of benzene rings is 1. The summed E-state index contributed by atoms with van der Waals surface area (Å²) in [4.78, 5) is 8.10. The van der Waals surface area contributed by atoms with Crippen LogP contribution >= 0.6 is 34.8 Å². The van der Waals surface area contributed by atoms with Gasteiger partial charge in [0.1, 0.15) is 6.33 Å². The van der Waals surface area contributed by atoms with Gasteiger partial charge in [-0.3, -0.25) is 0 Å². The Morgan fingerprint density at radius 2 is 1.79 bits per heavy atom. The van der Waals surface area contributed by atoms with Gasteiger partial charge >= 0.3 is 0 Å². The second kappa shape index (κ2) is 6.42. The maximum absolute atomic E-state index is 6.36. The molecular formula is C13H11Cl3N2O. The Kier molecular flexibility index (Phi) is 4.86. The molecule has 0 N–H and O–H groups in total. The number of ether oxygens (including phenoxy) is 1. The van der Waals surface area contributed by atoms with Gasteiger partial charge in [-0.2, -0.15) is 0 Å². The second-order valence-electron chi connectivity index (χ2n) is 3.93. The van der Waals surface area contributed by atoms with Gasteiger partial charge in [-0.1, -0.05) is 23.2 Å². The molecule has 0 saturated heterocycles. The molecule has 1 heterocycles. The van der Waals surface area contributed by atoms with E-state index in [2.05, 4.69) is 9.97 Å². The first kappa shape index (κ1) is 14.4. The van der Waals surface area contributed by atoms with Gasteiger partial charge in [0.15, 0.2) is 0 Å². The molecule has 0 aliphatic heterocycles. The number of rotatable bonds is 4. The Labute approximate surface area is 126 Å². The highest BCUT2D eigenvalue weighted by atomic mass is 35.5. The first-order valence-corrected chi connectivity index (χ1v) is 6.72. The Morgan fingerprint density at radius 1 is 1.11 bits per heavy atom. The van der Waals surface area contributed by atoms with Crippen molar-refractivity contribution in [1.82, 2.24) is 9.97 Å². The quantitative estimate of drug-likeness (QED) is 0.788. The summed E-state index contributed by atoms with van der Waals surface area (Å²) in [5, 5.41) is 0.859. The van der Waals surface area contributed by atoms with E-state index in [9.17, 15) is 0 Å². The lowest BCUT2D eigenvalue weighted by molar-refractivity contribution is 0.396. The van der Waals surface area contributed by atoms with E-state index < -0.39 is 0 Å². The third-order valence-electron chi connectivity index (χ3n) is 2.54. The predicted molar refractivity (Wildman–Crippen MR) is 77.3 cm³/mol. The molecule has 1 aromatic carbocycles. The van der Waals surface area contributed by atoms with E-state index in [1.54, 1.807) is 31.4 Å². The Hall–Kier alpha value is -1.03. The molecule has 0 radical (unpaired) electrons. The Bertz CT molecular complexity index is 557. The van der Waals surface area contributed by atoms with E-state index in [0.717, 1.165) is 11.3 Å². The van der Waals surface area contributed by atoms with Crippen LogP contribution < -0.4 is 4.74 Å². The number of alkyl halides is 1. The molecule has 0 fully saturated rings. The fourth-order valence-corrected chi connectivity index (χ4v) is 2.48. The highest BCUT2D eigenvalue weighted by Crippen LogP contribution is 2.29. The predicted octanol–water partition coefficient (Wildman–Crippen LogP) is 4.31. The molecule has 1 aromatic heterocycles. The first-order valence-electron chi connectivity index (χ1n) is 5.53. The summed E-state index contributed by atoms with van der Waals surface area (Å²) < 4.78 is 5.04. The SMILES string of the molecule is COc1cc(CC(Cl)c2cc(Cl)cc(Cl)c2)ncn1. The summed E-state index contributed by atoms with van der Waals surface area (Å²) >= 11 is 18.3. The Balaban J connectivity index is 2.17. The Morgan fingerprint density at radius 3 is 2.42 bits per heavy atom. The normalized spacial score (nSPS) is 12.2. The average molecular weight is 318 g/mol. The monoisotopic (exact) mass is 316 g/mol. The molecule has 0 amide bonds. The standard InChI is InChI=1S/C13H11Cl3N2O/c1-19-13-6-11(17-7-18-13)5-12(16)8-2-9(14)4-10(15)3-8/h2-4,6-7,12H,5H2,1H3. The smallest absolute Gasteiger partial charge is 0.216 e. The fraction of sp³-hybridized carbons (Fsp3) is 0.231. The molecule has 2 rings (SSSR count). The van der Waals surface area contributed by atoms with Gasteiger partial charge in [-0.05, 0) is 23.8 Å². The molecule has 19 heavy (non-hydrogen) atoms. The van der Waals surface area contributed by atoms with Gasteiger partial charge in [0.25, 0.3) is 0 Å². The molecule has 0 saturated carbocycles. The van der Waals surface area contributed by atoms with E-state index in [-0.39, 0.29) is 5.38 Å². The number of hydrogen-bond donors (Lipinski definition) is 0. The van der Waals surface area contributed by atoms with Crippen molar-refractivity contribution in [2.75, 3.05) is 7.11 Å². The van der Waals surface area contributed by atoms with E-state index in [4.69, 9.17) is 39.5 Å². The van der Waals surface area contributed by atoms with Gasteiger partial charge in [0.05, 0.1) is 12.5 Å². The zero-order valence-electron chi connectivity index (χ0n) is 10.1. The van der Waals surface area contributed by atoms with Crippen LogP contribution in [-0.2, 0) is 6.42 Å². The lowest BCUT2D eigenvalue weighted by Gasteiger charge is -2.11. The fourth-order valence-electron chi connectivity index (χ4n) is 1.66. The van der Waals surface area contributed by atoms with Crippen molar-refractivity contribution in [3.8, 4) is 5.88 Å². The number of hydrogen-bond acceptors (Lipinski definition) is 3. The van der Waals surface area contributed by atoms with Crippen LogP contribution in [0.4, 0.5) is 0 Å². The molecule has 6 heteroatoms. The highest BCUT2D eigenvalue weighted by Gasteiger charge is 2.12. The van der Waals surface area contributed by atoms with Gasteiger partial charge in [0, 0.05) is 28.2 Å². The molecule has 0 bridgehead atoms. The molecule has 3 nitrogen and oxygen atoms in total. The van der Waals surface area contributed by atoms with Crippen molar-refractivity contribution in [2.24, 2.45) is 0 Å². The molecule has 100 valence electrons. The van der Waals surface area contributed by atoms with Crippen molar-refractivity contribution in [1.29, 1.82) is 0 Å². The van der Waals surface area contributed by atoms with Crippen LogP contribution in [0, 0.1) is 0 Å².